The fraction of sp³-hybridized carbons (Fsp3) is 0.250. The standard InChI is InChI=1S/C12H14N4O2/c1-8(6-13)12-14-7-11(15-12)9-2-4-10(5-3-9)16(17)18/h2-5,7-8H,6,13H2,1H3,(H,14,15). The van der Waals surface area contributed by atoms with Gasteiger partial charge in [-0.25, -0.2) is 4.98 Å². The molecule has 0 radical (unpaired) electrons. The number of rotatable bonds is 4. The Morgan fingerprint density at radius 2 is 2.11 bits per heavy atom. The van der Waals surface area contributed by atoms with Crippen LogP contribution in [0.2, 0.25) is 0 Å². The molecule has 1 aromatic carbocycles. The summed E-state index contributed by atoms with van der Waals surface area (Å²) in [6, 6.07) is 6.34. The summed E-state index contributed by atoms with van der Waals surface area (Å²) in [7, 11) is 0. The van der Waals surface area contributed by atoms with Crippen LogP contribution < -0.4 is 5.73 Å². The summed E-state index contributed by atoms with van der Waals surface area (Å²) in [4.78, 5) is 17.6. The Bertz CT molecular complexity index is 547. The summed E-state index contributed by atoms with van der Waals surface area (Å²) >= 11 is 0. The van der Waals surface area contributed by atoms with E-state index in [9.17, 15) is 10.1 Å². The normalized spacial score (nSPS) is 12.3. The second kappa shape index (κ2) is 4.97. The van der Waals surface area contributed by atoms with Crippen molar-refractivity contribution in [3.05, 3.63) is 46.4 Å². The van der Waals surface area contributed by atoms with E-state index in [2.05, 4.69) is 9.97 Å². The molecule has 6 heteroatoms. The van der Waals surface area contributed by atoms with Gasteiger partial charge >= 0.3 is 0 Å². The van der Waals surface area contributed by atoms with Gasteiger partial charge < -0.3 is 10.7 Å². The third-order valence-electron chi connectivity index (χ3n) is 2.80. The predicted molar refractivity (Wildman–Crippen MR) is 68.1 cm³/mol. The first kappa shape index (κ1) is 12.3. The zero-order chi connectivity index (χ0) is 13.1. The molecule has 0 aliphatic heterocycles. The minimum Gasteiger partial charge on any atom is -0.342 e. The molecule has 2 rings (SSSR count). The van der Waals surface area contributed by atoms with Gasteiger partial charge in [-0.2, -0.15) is 0 Å². The van der Waals surface area contributed by atoms with Gasteiger partial charge in [-0.05, 0) is 12.1 Å². The Kier molecular flexibility index (Phi) is 3.38. The Hall–Kier alpha value is -2.21. The summed E-state index contributed by atoms with van der Waals surface area (Å²) in [6.45, 7) is 2.51. The molecule has 0 saturated heterocycles. The van der Waals surface area contributed by atoms with Crippen molar-refractivity contribution in [2.45, 2.75) is 12.8 Å². The molecule has 0 saturated carbocycles. The second-order valence-electron chi connectivity index (χ2n) is 4.12. The number of benzene rings is 1. The number of nitrogens with two attached hydrogens (primary N) is 1. The van der Waals surface area contributed by atoms with Crippen LogP contribution in [-0.2, 0) is 0 Å². The molecule has 0 amide bonds. The third-order valence-corrected chi connectivity index (χ3v) is 2.80. The molecule has 1 heterocycles. The van der Waals surface area contributed by atoms with Crippen LogP contribution in [0.15, 0.2) is 30.5 Å². The molecular weight excluding hydrogens is 232 g/mol. The number of aromatic amines is 1. The van der Waals surface area contributed by atoms with E-state index < -0.39 is 4.92 Å². The summed E-state index contributed by atoms with van der Waals surface area (Å²) in [5, 5.41) is 10.6. The van der Waals surface area contributed by atoms with E-state index in [1.807, 2.05) is 6.92 Å². The van der Waals surface area contributed by atoms with Crippen LogP contribution in [0.4, 0.5) is 5.69 Å². The first-order chi connectivity index (χ1) is 8.61. The maximum atomic E-state index is 10.6. The van der Waals surface area contributed by atoms with Gasteiger partial charge in [0.25, 0.3) is 5.69 Å². The highest BCUT2D eigenvalue weighted by atomic mass is 16.6. The number of non-ortho nitro benzene ring substituents is 1. The molecule has 18 heavy (non-hydrogen) atoms. The van der Waals surface area contributed by atoms with Gasteiger partial charge in [-0.1, -0.05) is 6.92 Å². The molecule has 0 aliphatic carbocycles. The van der Waals surface area contributed by atoms with Gasteiger partial charge in [0.1, 0.15) is 5.82 Å². The summed E-state index contributed by atoms with van der Waals surface area (Å²) in [5.41, 5.74) is 7.35. The van der Waals surface area contributed by atoms with E-state index in [0.717, 1.165) is 17.1 Å². The number of aromatic nitrogens is 2. The fourth-order valence-electron chi connectivity index (χ4n) is 1.61. The molecule has 1 unspecified atom stereocenters. The highest BCUT2D eigenvalue weighted by Gasteiger charge is 2.10. The lowest BCUT2D eigenvalue weighted by Crippen LogP contribution is -2.10. The van der Waals surface area contributed by atoms with E-state index in [-0.39, 0.29) is 11.6 Å². The minimum atomic E-state index is -0.418. The lowest BCUT2D eigenvalue weighted by Gasteiger charge is -2.03. The van der Waals surface area contributed by atoms with Crippen LogP contribution >= 0.6 is 0 Å². The quantitative estimate of drug-likeness (QED) is 0.637. The zero-order valence-corrected chi connectivity index (χ0v) is 9.96. The van der Waals surface area contributed by atoms with Crippen molar-refractivity contribution >= 4 is 5.69 Å². The maximum absolute atomic E-state index is 10.6. The summed E-state index contributed by atoms with van der Waals surface area (Å²) in [6.07, 6.45) is 1.71. The van der Waals surface area contributed by atoms with Crippen molar-refractivity contribution in [3.63, 3.8) is 0 Å². The molecule has 0 fully saturated rings. The third kappa shape index (κ3) is 2.38. The van der Waals surface area contributed by atoms with Crippen LogP contribution in [0, 0.1) is 10.1 Å². The molecule has 6 nitrogen and oxygen atoms in total. The topological polar surface area (TPSA) is 97.8 Å². The first-order valence-electron chi connectivity index (χ1n) is 5.61. The Morgan fingerprint density at radius 1 is 1.44 bits per heavy atom. The van der Waals surface area contributed by atoms with Gasteiger partial charge in [0.2, 0.25) is 0 Å². The molecule has 1 atom stereocenters. The van der Waals surface area contributed by atoms with Crippen molar-refractivity contribution in [2.24, 2.45) is 5.73 Å². The van der Waals surface area contributed by atoms with E-state index >= 15 is 0 Å². The second-order valence-corrected chi connectivity index (χ2v) is 4.12. The lowest BCUT2D eigenvalue weighted by molar-refractivity contribution is -0.384. The monoisotopic (exact) mass is 246 g/mol. The van der Waals surface area contributed by atoms with Crippen LogP contribution in [0.1, 0.15) is 18.7 Å². The molecule has 2 aromatic rings. The number of hydrogen-bond acceptors (Lipinski definition) is 4. The van der Waals surface area contributed by atoms with Gasteiger partial charge in [-0.15, -0.1) is 0 Å². The van der Waals surface area contributed by atoms with Crippen molar-refractivity contribution in [1.29, 1.82) is 0 Å². The van der Waals surface area contributed by atoms with E-state index in [4.69, 9.17) is 5.73 Å². The van der Waals surface area contributed by atoms with Crippen molar-refractivity contribution in [1.82, 2.24) is 9.97 Å². The van der Waals surface area contributed by atoms with Crippen LogP contribution in [0.25, 0.3) is 11.3 Å². The van der Waals surface area contributed by atoms with E-state index in [1.165, 1.54) is 12.1 Å². The number of nitrogens with one attached hydrogen (secondary N) is 1. The fourth-order valence-corrected chi connectivity index (χ4v) is 1.61. The SMILES string of the molecule is CC(CN)c1ncc(-c2ccc([N+](=O)[O-])cc2)[nH]1. The van der Waals surface area contributed by atoms with E-state index in [1.54, 1.807) is 18.3 Å². The molecular formula is C12H14N4O2. The van der Waals surface area contributed by atoms with Crippen LogP contribution in [-0.4, -0.2) is 21.4 Å². The molecule has 94 valence electrons. The van der Waals surface area contributed by atoms with E-state index in [0.29, 0.717) is 6.54 Å². The van der Waals surface area contributed by atoms with Gasteiger partial charge in [-0.3, -0.25) is 10.1 Å². The number of nitro groups is 1. The van der Waals surface area contributed by atoms with Crippen molar-refractivity contribution in [2.75, 3.05) is 6.54 Å². The van der Waals surface area contributed by atoms with Crippen LogP contribution in [0.5, 0.6) is 0 Å². The molecule has 3 N–H and O–H groups in total. The van der Waals surface area contributed by atoms with Crippen molar-refractivity contribution < 1.29 is 4.92 Å². The highest BCUT2D eigenvalue weighted by molar-refractivity contribution is 5.60. The molecule has 1 aromatic heterocycles. The molecule has 0 aliphatic rings. The average Bonchev–Trinajstić information content (AvgIpc) is 2.87. The first-order valence-corrected chi connectivity index (χ1v) is 5.61. The lowest BCUT2D eigenvalue weighted by atomic mass is 10.1. The Balaban J connectivity index is 2.26. The summed E-state index contributed by atoms with van der Waals surface area (Å²) < 4.78 is 0. The molecule has 0 bridgehead atoms. The minimum absolute atomic E-state index is 0.0776. The maximum Gasteiger partial charge on any atom is 0.269 e. The largest absolute Gasteiger partial charge is 0.342 e. The van der Waals surface area contributed by atoms with Gasteiger partial charge in [0.15, 0.2) is 0 Å². The smallest absolute Gasteiger partial charge is 0.269 e. The Morgan fingerprint density at radius 3 is 2.67 bits per heavy atom. The number of imidazole rings is 1. The average molecular weight is 246 g/mol. The Labute approximate surface area is 104 Å². The predicted octanol–water partition coefficient (Wildman–Crippen LogP) is 2.05. The number of H-pyrrole nitrogens is 1. The summed E-state index contributed by atoms with van der Waals surface area (Å²) in [5.74, 6) is 0.989. The van der Waals surface area contributed by atoms with Gasteiger partial charge in [0.05, 0.1) is 16.8 Å². The molecule has 0 spiro atoms. The number of nitro benzene ring substituents is 1. The number of hydrogen-bond donors (Lipinski definition) is 2. The highest BCUT2D eigenvalue weighted by Crippen LogP contribution is 2.22. The van der Waals surface area contributed by atoms with Crippen molar-refractivity contribution in [3.8, 4) is 11.3 Å². The zero-order valence-electron chi connectivity index (χ0n) is 9.96. The number of nitrogens with zero attached hydrogens (tertiary/aromatic N) is 2. The van der Waals surface area contributed by atoms with Crippen LogP contribution in [0.3, 0.4) is 0 Å². The van der Waals surface area contributed by atoms with Gasteiger partial charge in [0, 0.05) is 30.2 Å².